The van der Waals surface area contributed by atoms with Gasteiger partial charge in [0.25, 0.3) is 0 Å². The Morgan fingerprint density at radius 1 is 1.05 bits per heavy atom. The van der Waals surface area contributed by atoms with Crippen LogP contribution in [0.4, 0.5) is 0 Å². The predicted octanol–water partition coefficient (Wildman–Crippen LogP) is 4.67. The van der Waals surface area contributed by atoms with Crippen LogP contribution in [0.1, 0.15) is 67.7 Å². The molecule has 1 aliphatic rings. The summed E-state index contributed by atoms with van der Waals surface area (Å²) >= 11 is 0. The average Bonchev–Trinajstić information content (AvgIpc) is 2.40. The molecule has 2 rings (SSSR count). The molecule has 0 aromatic heterocycles. The first kappa shape index (κ1) is 15.4. The fourth-order valence-corrected chi connectivity index (χ4v) is 3.45. The number of hydrogen-bond donors (Lipinski definition) is 1. The molecule has 1 aromatic rings. The summed E-state index contributed by atoms with van der Waals surface area (Å²) in [7, 11) is 1.76. The Morgan fingerprint density at radius 2 is 1.65 bits per heavy atom. The largest absolute Gasteiger partial charge is 0.496 e. The third-order valence-electron chi connectivity index (χ3n) is 4.93. The highest BCUT2D eigenvalue weighted by atomic mass is 16.5. The molecule has 0 spiro atoms. The van der Waals surface area contributed by atoms with Crippen LogP contribution in [-0.4, -0.2) is 7.11 Å². The van der Waals surface area contributed by atoms with Crippen molar-refractivity contribution in [3.05, 3.63) is 28.8 Å². The van der Waals surface area contributed by atoms with E-state index in [2.05, 4.69) is 26.0 Å². The van der Waals surface area contributed by atoms with Crippen LogP contribution < -0.4 is 10.5 Å². The molecular formula is C18H29NO. The minimum absolute atomic E-state index is 0.113. The van der Waals surface area contributed by atoms with E-state index < -0.39 is 0 Å². The SMILES string of the molecule is COc1c(C(N)C2CCCCCCC2)ccc(C)c1C. The summed E-state index contributed by atoms with van der Waals surface area (Å²) < 4.78 is 5.64. The summed E-state index contributed by atoms with van der Waals surface area (Å²) in [5, 5.41) is 0. The maximum absolute atomic E-state index is 6.61. The first-order chi connectivity index (χ1) is 9.65. The van der Waals surface area contributed by atoms with Crippen molar-refractivity contribution in [1.82, 2.24) is 0 Å². The zero-order valence-electron chi connectivity index (χ0n) is 13.2. The van der Waals surface area contributed by atoms with Gasteiger partial charge >= 0.3 is 0 Å². The van der Waals surface area contributed by atoms with Gasteiger partial charge in [-0.05, 0) is 43.7 Å². The lowest BCUT2D eigenvalue weighted by Crippen LogP contribution is -2.23. The van der Waals surface area contributed by atoms with Gasteiger partial charge in [0.05, 0.1) is 7.11 Å². The topological polar surface area (TPSA) is 35.2 Å². The molecule has 1 fully saturated rings. The second-order valence-electron chi connectivity index (χ2n) is 6.26. The minimum atomic E-state index is 0.113. The molecule has 1 saturated carbocycles. The van der Waals surface area contributed by atoms with Crippen LogP contribution in [0.3, 0.4) is 0 Å². The fourth-order valence-electron chi connectivity index (χ4n) is 3.45. The van der Waals surface area contributed by atoms with Gasteiger partial charge in [0.2, 0.25) is 0 Å². The molecule has 0 amide bonds. The third kappa shape index (κ3) is 3.35. The van der Waals surface area contributed by atoms with Gasteiger partial charge in [-0.25, -0.2) is 0 Å². The third-order valence-corrected chi connectivity index (χ3v) is 4.93. The number of rotatable bonds is 3. The standard InChI is InChI=1S/C18H29NO/c1-13-11-12-16(18(20-3)14(13)2)17(19)15-9-7-5-4-6-8-10-15/h11-12,15,17H,4-10,19H2,1-3H3. The first-order valence-corrected chi connectivity index (χ1v) is 8.04. The monoisotopic (exact) mass is 275 g/mol. The van der Waals surface area contributed by atoms with Crippen LogP contribution in [0.2, 0.25) is 0 Å². The van der Waals surface area contributed by atoms with E-state index in [1.54, 1.807) is 7.11 Å². The summed E-state index contributed by atoms with van der Waals surface area (Å²) in [4.78, 5) is 0. The molecule has 0 aliphatic heterocycles. The van der Waals surface area contributed by atoms with E-state index >= 15 is 0 Å². The summed E-state index contributed by atoms with van der Waals surface area (Å²) in [6, 6.07) is 4.46. The molecule has 0 heterocycles. The van der Waals surface area contributed by atoms with Crippen LogP contribution in [0.25, 0.3) is 0 Å². The van der Waals surface area contributed by atoms with Gasteiger partial charge in [-0.2, -0.15) is 0 Å². The number of ether oxygens (including phenoxy) is 1. The van der Waals surface area contributed by atoms with Gasteiger partial charge in [0.1, 0.15) is 5.75 Å². The average molecular weight is 275 g/mol. The molecule has 2 heteroatoms. The lowest BCUT2D eigenvalue weighted by atomic mass is 9.82. The fraction of sp³-hybridized carbons (Fsp3) is 0.667. The molecule has 1 unspecified atom stereocenters. The molecule has 0 radical (unpaired) electrons. The van der Waals surface area contributed by atoms with Crippen molar-refractivity contribution in [2.24, 2.45) is 11.7 Å². The highest BCUT2D eigenvalue weighted by Gasteiger charge is 2.24. The van der Waals surface area contributed by atoms with Crippen LogP contribution in [0, 0.1) is 19.8 Å². The Labute approximate surface area is 123 Å². The molecule has 0 saturated heterocycles. The molecule has 0 bridgehead atoms. The predicted molar refractivity (Wildman–Crippen MR) is 85.2 cm³/mol. The number of hydrogen-bond acceptors (Lipinski definition) is 2. The van der Waals surface area contributed by atoms with Crippen LogP contribution in [-0.2, 0) is 0 Å². The van der Waals surface area contributed by atoms with Crippen molar-refractivity contribution in [3.8, 4) is 5.75 Å². The molecule has 2 nitrogen and oxygen atoms in total. The Morgan fingerprint density at radius 3 is 2.25 bits per heavy atom. The Kier molecular flexibility index (Phi) is 5.47. The number of methoxy groups -OCH3 is 1. The summed E-state index contributed by atoms with van der Waals surface area (Å²) in [5.74, 6) is 1.60. The maximum atomic E-state index is 6.61. The molecule has 2 N–H and O–H groups in total. The van der Waals surface area contributed by atoms with Crippen molar-refractivity contribution in [3.63, 3.8) is 0 Å². The van der Waals surface area contributed by atoms with Gasteiger partial charge in [-0.1, -0.05) is 44.2 Å². The van der Waals surface area contributed by atoms with Gasteiger partial charge in [-0.15, -0.1) is 0 Å². The van der Waals surface area contributed by atoms with Gasteiger partial charge in [0, 0.05) is 11.6 Å². The van der Waals surface area contributed by atoms with Crippen LogP contribution >= 0.6 is 0 Å². The molecular weight excluding hydrogens is 246 g/mol. The maximum Gasteiger partial charge on any atom is 0.126 e. The van der Waals surface area contributed by atoms with Crippen molar-refractivity contribution in [1.29, 1.82) is 0 Å². The second kappa shape index (κ2) is 7.12. The number of benzene rings is 1. The van der Waals surface area contributed by atoms with Crippen LogP contribution in [0.5, 0.6) is 5.75 Å². The van der Waals surface area contributed by atoms with Gasteiger partial charge in [0.15, 0.2) is 0 Å². The smallest absolute Gasteiger partial charge is 0.126 e. The zero-order chi connectivity index (χ0) is 14.5. The summed E-state index contributed by atoms with van der Waals surface area (Å²) in [6.45, 7) is 4.26. The van der Waals surface area contributed by atoms with E-state index in [4.69, 9.17) is 10.5 Å². The normalized spacial score (nSPS) is 19.2. The van der Waals surface area contributed by atoms with E-state index in [1.165, 1.54) is 61.6 Å². The zero-order valence-corrected chi connectivity index (χ0v) is 13.2. The van der Waals surface area contributed by atoms with Gasteiger partial charge < -0.3 is 10.5 Å². The molecule has 1 atom stereocenters. The van der Waals surface area contributed by atoms with E-state index in [-0.39, 0.29) is 6.04 Å². The molecule has 1 aromatic carbocycles. The lowest BCUT2D eigenvalue weighted by Gasteiger charge is -2.28. The first-order valence-electron chi connectivity index (χ1n) is 8.04. The van der Waals surface area contributed by atoms with E-state index in [9.17, 15) is 0 Å². The summed E-state index contributed by atoms with van der Waals surface area (Å²) in [6.07, 6.45) is 9.31. The van der Waals surface area contributed by atoms with Gasteiger partial charge in [-0.3, -0.25) is 0 Å². The summed E-state index contributed by atoms with van der Waals surface area (Å²) in [5.41, 5.74) is 10.3. The number of nitrogens with two attached hydrogens (primary N) is 1. The van der Waals surface area contributed by atoms with E-state index in [1.807, 2.05) is 0 Å². The van der Waals surface area contributed by atoms with Crippen LogP contribution in [0.15, 0.2) is 12.1 Å². The highest BCUT2D eigenvalue weighted by Crippen LogP contribution is 2.37. The van der Waals surface area contributed by atoms with Crippen molar-refractivity contribution >= 4 is 0 Å². The molecule has 1 aliphatic carbocycles. The number of aryl methyl sites for hydroxylation is 1. The quantitative estimate of drug-likeness (QED) is 0.869. The lowest BCUT2D eigenvalue weighted by molar-refractivity contribution is 0.318. The van der Waals surface area contributed by atoms with E-state index in [0.717, 1.165) is 5.75 Å². The Hall–Kier alpha value is -1.02. The minimum Gasteiger partial charge on any atom is -0.496 e. The molecule has 20 heavy (non-hydrogen) atoms. The Bertz CT molecular complexity index is 433. The highest BCUT2D eigenvalue weighted by molar-refractivity contribution is 5.46. The van der Waals surface area contributed by atoms with Crippen molar-refractivity contribution in [2.75, 3.05) is 7.11 Å². The van der Waals surface area contributed by atoms with Crippen molar-refractivity contribution < 1.29 is 4.74 Å². The Balaban J connectivity index is 2.22. The second-order valence-corrected chi connectivity index (χ2v) is 6.26. The van der Waals surface area contributed by atoms with Crippen molar-refractivity contribution in [2.45, 2.75) is 64.8 Å². The van der Waals surface area contributed by atoms with E-state index in [0.29, 0.717) is 5.92 Å². The molecule has 112 valence electrons.